The Labute approximate surface area is 112 Å². The molecular formula is C13H10BrFN2O. The van der Waals surface area contributed by atoms with E-state index in [0.29, 0.717) is 5.56 Å². The normalized spacial score (nSPS) is 11.1. The minimum atomic E-state index is -0.357. The molecule has 0 saturated carbocycles. The molecule has 0 fully saturated rings. The highest BCUT2D eigenvalue weighted by Gasteiger charge is 2.04. The van der Waals surface area contributed by atoms with E-state index < -0.39 is 0 Å². The highest BCUT2D eigenvalue weighted by atomic mass is 79.9. The molecule has 92 valence electrons. The fourth-order valence-electron chi connectivity index (χ4n) is 1.47. The molecule has 0 unspecified atom stereocenters. The molecule has 2 aromatic rings. The zero-order valence-electron chi connectivity index (χ0n) is 9.60. The maximum atomic E-state index is 12.7. The van der Waals surface area contributed by atoms with Gasteiger partial charge in [-0.25, -0.2) is 4.39 Å². The molecule has 0 aliphatic rings. The van der Waals surface area contributed by atoms with Crippen LogP contribution in [0.25, 0.3) is 6.08 Å². The molecule has 3 nitrogen and oxygen atoms in total. The standard InChI is InChI=1S/C13H10BrFN2O/c1-17-12(11(14)8-16-17)6-7-13(18)9-2-4-10(15)5-3-9/h2-8H,1H3/b7-6+. The van der Waals surface area contributed by atoms with Crippen molar-refractivity contribution >= 4 is 27.8 Å². The first kappa shape index (κ1) is 12.7. The van der Waals surface area contributed by atoms with Crippen LogP contribution in [0.2, 0.25) is 0 Å². The fraction of sp³-hybridized carbons (Fsp3) is 0.0769. The van der Waals surface area contributed by atoms with Gasteiger partial charge in [0.15, 0.2) is 5.78 Å². The number of hydrogen-bond acceptors (Lipinski definition) is 2. The first-order valence-electron chi connectivity index (χ1n) is 5.23. The molecule has 0 spiro atoms. The van der Waals surface area contributed by atoms with E-state index in [-0.39, 0.29) is 11.6 Å². The molecule has 1 heterocycles. The summed E-state index contributed by atoms with van der Waals surface area (Å²) in [7, 11) is 1.78. The Morgan fingerprint density at radius 3 is 2.61 bits per heavy atom. The van der Waals surface area contributed by atoms with Crippen molar-refractivity contribution in [3.8, 4) is 0 Å². The van der Waals surface area contributed by atoms with E-state index >= 15 is 0 Å². The summed E-state index contributed by atoms with van der Waals surface area (Å²) in [5.41, 5.74) is 1.25. The van der Waals surface area contributed by atoms with Crippen LogP contribution in [-0.4, -0.2) is 15.6 Å². The van der Waals surface area contributed by atoms with Gasteiger partial charge in [-0.2, -0.15) is 5.10 Å². The van der Waals surface area contributed by atoms with E-state index in [1.165, 1.54) is 30.3 Å². The van der Waals surface area contributed by atoms with Crippen LogP contribution in [0.4, 0.5) is 4.39 Å². The summed E-state index contributed by atoms with van der Waals surface area (Å²) in [6, 6.07) is 5.45. The second-order valence-electron chi connectivity index (χ2n) is 3.71. The van der Waals surface area contributed by atoms with Gasteiger partial charge in [-0.15, -0.1) is 0 Å². The second kappa shape index (κ2) is 5.27. The van der Waals surface area contributed by atoms with Crippen molar-refractivity contribution in [2.45, 2.75) is 0 Å². The van der Waals surface area contributed by atoms with Gasteiger partial charge in [0.25, 0.3) is 0 Å². The molecule has 0 atom stereocenters. The number of hydrogen-bond donors (Lipinski definition) is 0. The van der Waals surface area contributed by atoms with E-state index in [2.05, 4.69) is 21.0 Å². The number of aromatic nitrogens is 2. The van der Waals surface area contributed by atoms with Crippen molar-refractivity contribution in [2.24, 2.45) is 7.05 Å². The zero-order valence-corrected chi connectivity index (χ0v) is 11.2. The summed E-state index contributed by atoms with van der Waals surface area (Å²) >= 11 is 3.34. The Hall–Kier alpha value is -1.75. The minimum absolute atomic E-state index is 0.178. The number of carbonyl (C=O) groups excluding carboxylic acids is 1. The first-order chi connectivity index (χ1) is 8.58. The van der Waals surface area contributed by atoms with Gasteiger partial charge in [-0.05, 0) is 52.3 Å². The van der Waals surface area contributed by atoms with Gasteiger partial charge in [0.1, 0.15) is 5.82 Å². The number of benzene rings is 1. The molecule has 0 saturated heterocycles. The van der Waals surface area contributed by atoms with Crippen LogP contribution in [0.5, 0.6) is 0 Å². The van der Waals surface area contributed by atoms with E-state index in [1.54, 1.807) is 24.0 Å². The lowest BCUT2D eigenvalue weighted by Crippen LogP contribution is -1.96. The van der Waals surface area contributed by atoms with Crippen molar-refractivity contribution < 1.29 is 9.18 Å². The van der Waals surface area contributed by atoms with Gasteiger partial charge in [0.05, 0.1) is 16.4 Å². The van der Waals surface area contributed by atoms with Gasteiger partial charge in [-0.1, -0.05) is 0 Å². The van der Waals surface area contributed by atoms with Crippen molar-refractivity contribution in [2.75, 3.05) is 0 Å². The summed E-state index contributed by atoms with van der Waals surface area (Å²) < 4.78 is 15.2. The number of rotatable bonds is 3. The van der Waals surface area contributed by atoms with Gasteiger partial charge in [0, 0.05) is 12.6 Å². The number of halogens is 2. The van der Waals surface area contributed by atoms with Gasteiger partial charge in [0.2, 0.25) is 0 Å². The lowest BCUT2D eigenvalue weighted by atomic mass is 10.1. The van der Waals surface area contributed by atoms with Crippen LogP contribution >= 0.6 is 15.9 Å². The van der Waals surface area contributed by atoms with Gasteiger partial charge < -0.3 is 0 Å². The molecule has 0 aliphatic heterocycles. The lowest BCUT2D eigenvalue weighted by molar-refractivity contribution is 0.104. The number of carbonyl (C=O) groups is 1. The van der Waals surface area contributed by atoms with E-state index in [9.17, 15) is 9.18 Å². The number of ketones is 1. The predicted octanol–water partition coefficient (Wildman–Crippen LogP) is 3.22. The molecule has 0 bridgehead atoms. The average Bonchev–Trinajstić information content (AvgIpc) is 2.67. The van der Waals surface area contributed by atoms with Gasteiger partial charge >= 0.3 is 0 Å². The Bertz CT molecular complexity index is 582. The molecule has 0 amide bonds. The van der Waals surface area contributed by atoms with E-state index in [4.69, 9.17) is 0 Å². The summed E-state index contributed by atoms with van der Waals surface area (Å²) in [5.74, 6) is -0.534. The Kier molecular flexibility index (Phi) is 3.72. The third-order valence-corrected chi connectivity index (χ3v) is 3.07. The van der Waals surface area contributed by atoms with Crippen LogP contribution in [0, 0.1) is 5.82 Å². The Morgan fingerprint density at radius 1 is 1.39 bits per heavy atom. The minimum Gasteiger partial charge on any atom is -0.289 e. The predicted molar refractivity (Wildman–Crippen MR) is 70.7 cm³/mol. The van der Waals surface area contributed by atoms with Gasteiger partial charge in [-0.3, -0.25) is 9.48 Å². The monoisotopic (exact) mass is 308 g/mol. The number of aryl methyl sites for hydroxylation is 1. The largest absolute Gasteiger partial charge is 0.289 e. The van der Waals surface area contributed by atoms with Crippen molar-refractivity contribution in [1.29, 1.82) is 0 Å². The highest BCUT2D eigenvalue weighted by Crippen LogP contribution is 2.16. The molecule has 2 rings (SSSR count). The maximum absolute atomic E-state index is 12.7. The van der Waals surface area contributed by atoms with Crippen LogP contribution in [-0.2, 0) is 7.05 Å². The number of allylic oxidation sites excluding steroid dienone is 1. The van der Waals surface area contributed by atoms with Crippen LogP contribution in [0.1, 0.15) is 16.1 Å². The van der Waals surface area contributed by atoms with E-state index in [0.717, 1.165) is 10.2 Å². The van der Waals surface area contributed by atoms with Crippen LogP contribution in [0.15, 0.2) is 41.0 Å². The fourth-order valence-corrected chi connectivity index (χ4v) is 1.95. The third kappa shape index (κ3) is 2.73. The van der Waals surface area contributed by atoms with Crippen molar-refractivity contribution in [3.63, 3.8) is 0 Å². The van der Waals surface area contributed by atoms with Crippen LogP contribution in [0.3, 0.4) is 0 Å². The molecule has 18 heavy (non-hydrogen) atoms. The van der Waals surface area contributed by atoms with Crippen molar-refractivity contribution in [3.05, 3.63) is 58.1 Å². The lowest BCUT2D eigenvalue weighted by Gasteiger charge is -1.97. The van der Waals surface area contributed by atoms with Crippen molar-refractivity contribution in [1.82, 2.24) is 9.78 Å². The summed E-state index contributed by atoms with van der Waals surface area (Å²) in [5, 5.41) is 4.04. The van der Waals surface area contributed by atoms with Crippen LogP contribution < -0.4 is 0 Å². The highest BCUT2D eigenvalue weighted by molar-refractivity contribution is 9.10. The molecular weight excluding hydrogens is 299 g/mol. The molecule has 1 aromatic heterocycles. The SMILES string of the molecule is Cn1ncc(Br)c1/C=C/C(=O)c1ccc(F)cc1. The Balaban J connectivity index is 2.19. The smallest absolute Gasteiger partial charge is 0.185 e. The average molecular weight is 309 g/mol. The van der Waals surface area contributed by atoms with E-state index in [1.807, 2.05) is 0 Å². The Morgan fingerprint density at radius 2 is 2.06 bits per heavy atom. The molecule has 5 heteroatoms. The third-order valence-electron chi connectivity index (χ3n) is 2.46. The summed E-state index contributed by atoms with van der Waals surface area (Å²) in [4.78, 5) is 11.8. The molecule has 0 N–H and O–H groups in total. The molecule has 1 aromatic carbocycles. The summed E-state index contributed by atoms with van der Waals surface area (Å²) in [6.07, 6.45) is 4.76. The quantitative estimate of drug-likeness (QED) is 0.644. The first-order valence-corrected chi connectivity index (χ1v) is 6.02. The topological polar surface area (TPSA) is 34.9 Å². The second-order valence-corrected chi connectivity index (χ2v) is 4.56. The summed E-state index contributed by atoms with van der Waals surface area (Å²) in [6.45, 7) is 0. The maximum Gasteiger partial charge on any atom is 0.185 e. The number of nitrogens with zero attached hydrogens (tertiary/aromatic N) is 2. The molecule has 0 radical (unpaired) electrons. The molecule has 0 aliphatic carbocycles. The zero-order chi connectivity index (χ0) is 13.1.